The van der Waals surface area contributed by atoms with Gasteiger partial charge in [-0.05, 0) is 25.1 Å². The fraction of sp³-hybridized carbons (Fsp3) is 0.222. The van der Waals surface area contributed by atoms with Gasteiger partial charge in [-0.15, -0.1) is 0 Å². The van der Waals surface area contributed by atoms with Gasteiger partial charge < -0.3 is 10.1 Å². The van der Waals surface area contributed by atoms with Crippen molar-refractivity contribution in [1.82, 2.24) is 5.32 Å². The van der Waals surface area contributed by atoms with Crippen molar-refractivity contribution >= 4 is 17.5 Å². The van der Waals surface area contributed by atoms with Crippen LogP contribution in [0, 0.1) is 5.82 Å². The van der Waals surface area contributed by atoms with Crippen molar-refractivity contribution < 1.29 is 18.7 Å². The fourth-order valence-electron chi connectivity index (χ4n) is 2.56. The van der Waals surface area contributed by atoms with Crippen LogP contribution in [0.1, 0.15) is 12.5 Å². The molecule has 1 unspecified atom stereocenters. The molecule has 2 aromatic rings. The Bertz CT molecular complexity index is 778. The number of hydrogen-bond donors (Lipinski definition) is 1. The normalized spacial score (nSPS) is 16.3. The van der Waals surface area contributed by atoms with E-state index in [0.717, 1.165) is 0 Å². The van der Waals surface area contributed by atoms with E-state index >= 15 is 0 Å². The molecule has 6 heteroatoms. The zero-order chi connectivity index (χ0) is 17.1. The fourth-order valence-corrected chi connectivity index (χ4v) is 2.56. The highest BCUT2D eigenvalue weighted by Crippen LogP contribution is 2.33. The molecule has 1 aliphatic heterocycles. The number of amides is 2. The zero-order valence-electron chi connectivity index (χ0n) is 13.2. The molecule has 2 aromatic carbocycles. The highest BCUT2D eigenvalue weighted by molar-refractivity contribution is 6.03. The van der Waals surface area contributed by atoms with Crippen LogP contribution in [0.5, 0.6) is 5.75 Å². The number of benzene rings is 2. The van der Waals surface area contributed by atoms with Gasteiger partial charge in [0, 0.05) is 12.1 Å². The molecule has 0 bridgehead atoms. The van der Waals surface area contributed by atoms with Gasteiger partial charge in [-0.3, -0.25) is 14.5 Å². The first-order chi connectivity index (χ1) is 11.6. The van der Waals surface area contributed by atoms with Gasteiger partial charge in [0.1, 0.15) is 18.1 Å². The van der Waals surface area contributed by atoms with Crippen LogP contribution >= 0.6 is 0 Å². The second kappa shape index (κ2) is 6.70. The molecule has 0 fully saturated rings. The lowest BCUT2D eigenvalue weighted by molar-refractivity contribution is -0.128. The van der Waals surface area contributed by atoms with E-state index in [1.54, 1.807) is 49.4 Å². The van der Waals surface area contributed by atoms with E-state index in [1.807, 2.05) is 0 Å². The predicted octanol–water partition coefficient (Wildman–Crippen LogP) is 2.26. The third-order valence-corrected chi connectivity index (χ3v) is 3.81. The lowest BCUT2D eigenvalue weighted by Crippen LogP contribution is -2.48. The molecule has 0 saturated carbocycles. The van der Waals surface area contributed by atoms with E-state index in [0.29, 0.717) is 17.0 Å². The smallest absolute Gasteiger partial charge is 0.268 e. The molecule has 1 N–H and O–H groups in total. The van der Waals surface area contributed by atoms with Crippen molar-refractivity contribution in [1.29, 1.82) is 0 Å². The predicted molar refractivity (Wildman–Crippen MR) is 87.1 cm³/mol. The number of halogens is 1. The monoisotopic (exact) mass is 328 g/mol. The van der Waals surface area contributed by atoms with Crippen LogP contribution in [-0.2, 0) is 16.1 Å². The first-order valence-electron chi connectivity index (χ1n) is 7.63. The maximum atomic E-state index is 13.6. The van der Waals surface area contributed by atoms with Gasteiger partial charge in [0.15, 0.2) is 6.10 Å². The molecule has 24 heavy (non-hydrogen) atoms. The van der Waals surface area contributed by atoms with E-state index in [2.05, 4.69) is 5.32 Å². The highest BCUT2D eigenvalue weighted by Gasteiger charge is 2.32. The number of carbonyl (C=O) groups excluding carboxylic acids is 2. The molecule has 0 spiro atoms. The topological polar surface area (TPSA) is 58.6 Å². The van der Waals surface area contributed by atoms with Crippen LogP contribution in [-0.4, -0.2) is 24.5 Å². The Kier molecular flexibility index (Phi) is 4.46. The second-order valence-electron chi connectivity index (χ2n) is 5.52. The first kappa shape index (κ1) is 16.0. The lowest BCUT2D eigenvalue weighted by atomic mass is 10.2. The molecule has 0 aliphatic carbocycles. The molecule has 1 atom stereocenters. The Morgan fingerprint density at radius 1 is 1.21 bits per heavy atom. The summed E-state index contributed by atoms with van der Waals surface area (Å²) >= 11 is 0. The molecule has 5 nitrogen and oxygen atoms in total. The van der Waals surface area contributed by atoms with E-state index in [-0.39, 0.29) is 30.7 Å². The summed E-state index contributed by atoms with van der Waals surface area (Å²) in [6, 6.07) is 13.3. The maximum absolute atomic E-state index is 13.6. The third kappa shape index (κ3) is 3.22. The van der Waals surface area contributed by atoms with Crippen LogP contribution in [0.15, 0.2) is 48.5 Å². The highest BCUT2D eigenvalue weighted by atomic mass is 19.1. The van der Waals surface area contributed by atoms with Gasteiger partial charge in [0.2, 0.25) is 5.91 Å². The molecule has 0 aromatic heterocycles. The number of nitrogens with one attached hydrogen (secondary N) is 1. The van der Waals surface area contributed by atoms with E-state index in [1.165, 1.54) is 11.0 Å². The summed E-state index contributed by atoms with van der Waals surface area (Å²) in [6.45, 7) is 1.57. The SMILES string of the molecule is CC1Oc2ccccc2N(CC(=O)NCc2ccccc2F)C1=O. The van der Waals surface area contributed by atoms with Crippen LogP contribution in [0.2, 0.25) is 0 Å². The van der Waals surface area contributed by atoms with Gasteiger partial charge in [-0.2, -0.15) is 0 Å². The summed E-state index contributed by atoms with van der Waals surface area (Å²) in [7, 11) is 0. The molecule has 3 rings (SSSR count). The van der Waals surface area contributed by atoms with Crippen LogP contribution in [0.4, 0.5) is 10.1 Å². The Balaban J connectivity index is 1.70. The van der Waals surface area contributed by atoms with Gasteiger partial charge in [-0.25, -0.2) is 4.39 Å². The van der Waals surface area contributed by atoms with E-state index < -0.39 is 6.10 Å². The molecule has 0 radical (unpaired) electrons. The number of rotatable bonds is 4. The van der Waals surface area contributed by atoms with Crippen molar-refractivity contribution in [3.05, 3.63) is 59.9 Å². The third-order valence-electron chi connectivity index (χ3n) is 3.81. The van der Waals surface area contributed by atoms with E-state index in [9.17, 15) is 14.0 Å². The number of ether oxygens (including phenoxy) is 1. The largest absolute Gasteiger partial charge is 0.479 e. The Morgan fingerprint density at radius 2 is 1.92 bits per heavy atom. The Morgan fingerprint density at radius 3 is 2.71 bits per heavy atom. The minimum atomic E-state index is -0.653. The van der Waals surface area contributed by atoms with Gasteiger partial charge in [0.25, 0.3) is 5.91 Å². The number of anilines is 1. The molecular weight excluding hydrogens is 311 g/mol. The van der Waals surface area contributed by atoms with Crippen molar-refractivity contribution in [2.75, 3.05) is 11.4 Å². The van der Waals surface area contributed by atoms with Gasteiger partial charge >= 0.3 is 0 Å². The van der Waals surface area contributed by atoms with Crippen LogP contribution in [0.25, 0.3) is 0 Å². The molecule has 0 saturated heterocycles. The summed E-state index contributed by atoms with van der Waals surface area (Å²) in [4.78, 5) is 25.9. The molecular formula is C18H17FN2O3. The Labute approximate surface area is 139 Å². The Hall–Kier alpha value is -2.89. The number of fused-ring (bicyclic) bond motifs is 1. The van der Waals surface area contributed by atoms with Gasteiger partial charge in [0.05, 0.1) is 5.69 Å². The van der Waals surface area contributed by atoms with Crippen molar-refractivity contribution in [3.63, 3.8) is 0 Å². The second-order valence-corrected chi connectivity index (χ2v) is 5.52. The van der Waals surface area contributed by atoms with Crippen molar-refractivity contribution in [2.45, 2.75) is 19.6 Å². The van der Waals surface area contributed by atoms with Crippen LogP contribution in [0.3, 0.4) is 0 Å². The summed E-state index contributed by atoms with van der Waals surface area (Å²) in [5, 5.41) is 2.64. The molecule has 1 heterocycles. The quantitative estimate of drug-likeness (QED) is 0.936. The minimum Gasteiger partial charge on any atom is -0.479 e. The van der Waals surface area contributed by atoms with Crippen LogP contribution < -0.4 is 15.0 Å². The van der Waals surface area contributed by atoms with Crippen molar-refractivity contribution in [2.24, 2.45) is 0 Å². The molecule has 124 valence electrons. The standard InChI is InChI=1S/C18H17FN2O3/c1-12-18(23)21(15-8-4-5-9-16(15)24-12)11-17(22)20-10-13-6-2-3-7-14(13)19/h2-9,12H,10-11H2,1H3,(H,20,22). The van der Waals surface area contributed by atoms with Crippen molar-refractivity contribution in [3.8, 4) is 5.75 Å². The number of para-hydroxylation sites is 2. The average Bonchev–Trinajstić information content (AvgIpc) is 2.58. The van der Waals surface area contributed by atoms with E-state index in [4.69, 9.17) is 4.74 Å². The van der Waals surface area contributed by atoms with Gasteiger partial charge in [-0.1, -0.05) is 30.3 Å². The first-order valence-corrected chi connectivity index (χ1v) is 7.63. The number of hydrogen-bond acceptors (Lipinski definition) is 3. The summed E-state index contributed by atoms with van der Waals surface area (Å²) in [5.41, 5.74) is 0.953. The summed E-state index contributed by atoms with van der Waals surface area (Å²) in [6.07, 6.45) is -0.653. The number of nitrogens with zero attached hydrogens (tertiary/aromatic N) is 1. The summed E-state index contributed by atoms with van der Waals surface area (Å²) in [5.74, 6) is -0.462. The lowest BCUT2D eigenvalue weighted by Gasteiger charge is -2.32. The average molecular weight is 328 g/mol. The maximum Gasteiger partial charge on any atom is 0.268 e. The molecule has 2 amide bonds. The zero-order valence-corrected chi connectivity index (χ0v) is 13.2. The number of carbonyl (C=O) groups is 2. The summed E-state index contributed by atoms with van der Waals surface area (Å²) < 4.78 is 19.1. The minimum absolute atomic E-state index is 0.0707. The molecule has 1 aliphatic rings.